The van der Waals surface area contributed by atoms with Gasteiger partial charge in [0.1, 0.15) is 0 Å². The van der Waals surface area contributed by atoms with Gasteiger partial charge in [0, 0.05) is 11.2 Å². The standard InChI is InChI=1S/C25H31N3O3/c1-15-8-16(2)28(27-15)22-6-4-21(5-7-22)24(30)31-17(3)23(29)26-25-12-18-9-19(13-25)11-20(10-18)14-25/h4-8,17-20H,9-14H2,1-3H3,(H,26,29)/t17-,18?,19?,20?,25?/m0/s1. The molecule has 4 saturated carbocycles. The molecule has 0 unspecified atom stereocenters. The van der Waals surface area contributed by atoms with E-state index in [0.29, 0.717) is 5.56 Å². The van der Waals surface area contributed by atoms with Crippen molar-refractivity contribution in [3.63, 3.8) is 0 Å². The lowest BCUT2D eigenvalue weighted by atomic mass is 9.53. The number of amides is 1. The maximum atomic E-state index is 12.9. The third kappa shape index (κ3) is 3.88. The molecule has 0 spiro atoms. The monoisotopic (exact) mass is 421 g/mol. The third-order valence-electron chi connectivity index (χ3n) is 7.44. The molecule has 4 fully saturated rings. The highest BCUT2D eigenvalue weighted by Crippen LogP contribution is 2.55. The number of ether oxygens (including phenoxy) is 1. The lowest BCUT2D eigenvalue weighted by Crippen LogP contribution is -2.61. The molecule has 0 aliphatic heterocycles. The zero-order valence-corrected chi connectivity index (χ0v) is 18.6. The quantitative estimate of drug-likeness (QED) is 0.737. The number of carbonyl (C=O) groups is 2. The Morgan fingerprint density at radius 2 is 1.65 bits per heavy atom. The van der Waals surface area contributed by atoms with E-state index in [1.165, 1.54) is 19.3 Å². The summed E-state index contributed by atoms with van der Waals surface area (Å²) >= 11 is 0. The van der Waals surface area contributed by atoms with Crippen molar-refractivity contribution in [2.45, 2.75) is 70.9 Å². The van der Waals surface area contributed by atoms with Crippen LogP contribution in [0.5, 0.6) is 0 Å². The largest absolute Gasteiger partial charge is 0.449 e. The van der Waals surface area contributed by atoms with E-state index in [2.05, 4.69) is 10.4 Å². The van der Waals surface area contributed by atoms with E-state index in [1.54, 1.807) is 19.1 Å². The smallest absolute Gasteiger partial charge is 0.338 e. The summed E-state index contributed by atoms with van der Waals surface area (Å²) in [6, 6.07) is 9.13. The fourth-order valence-corrected chi connectivity index (χ4v) is 6.54. The molecule has 1 N–H and O–H groups in total. The van der Waals surface area contributed by atoms with Gasteiger partial charge in [-0.05, 0) is 107 Å². The lowest BCUT2D eigenvalue weighted by Gasteiger charge is -2.57. The van der Waals surface area contributed by atoms with E-state index in [1.807, 2.05) is 36.7 Å². The maximum Gasteiger partial charge on any atom is 0.338 e. The van der Waals surface area contributed by atoms with Gasteiger partial charge >= 0.3 is 5.97 Å². The second kappa shape index (κ2) is 7.50. The van der Waals surface area contributed by atoms with Gasteiger partial charge in [-0.15, -0.1) is 0 Å². The van der Waals surface area contributed by atoms with E-state index in [0.717, 1.165) is 54.1 Å². The SMILES string of the molecule is Cc1cc(C)n(-c2ccc(C(=O)O[C@@H](C)C(=O)NC34CC5CC(CC(C5)C3)C4)cc2)n1. The van der Waals surface area contributed by atoms with Crippen LogP contribution in [0.1, 0.15) is 67.2 Å². The molecule has 31 heavy (non-hydrogen) atoms. The number of rotatable bonds is 5. The second-order valence-electron chi connectivity index (χ2n) is 10.1. The zero-order chi connectivity index (χ0) is 21.8. The van der Waals surface area contributed by atoms with Crippen molar-refractivity contribution >= 4 is 11.9 Å². The van der Waals surface area contributed by atoms with Crippen LogP contribution in [-0.4, -0.2) is 33.3 Å². The van der Waals surface area contributed by atoms with E-state index >= 15 is 0 Å². The molecule has 0 saturated heterocycles. The van der Waals surface area contributed by atoms with Crippen molar-refractivity contribution in [1.82, 2.24) is 15.1 Å². The summed E-state index contributed by atoms with van der Waals surface area (Å²) in [5.74, 6) is 1.61. The van der Waals surface area contributed by atoms with Gasteiger partial charge in [-0.1, -0.05) is 0 Å². The molecule has 1 amide bonds. The van der Waals surface area contributed by atoms with E-state index < -0.39 is 12.1 Å². The summed E-state index contributed by atoms with van der Waals surface area (Å²) in [6.07, 6.45) is 6.42. The first-order valence-corrected chi connectivity index (χ1v) is 11.5. The molecular weight excluding hydrogens is 390 g/mol. The zero-order valence-electron chi connectivity index (χ0n) is 18.6. The Labute approximate surface area is 183 Å². The fourth-order valence-electron chi connectivity index (χ4n) is 6.54. The molecule has 1 aromatic carbocycles. The first-order chi connectivity index (χ1) is 14.8. The first kappa shape index (κ1) is 20.3. The minimum absolute atomic E-state index is 0.0755. The van der Waals surface area contributed by atoms with Crippen LogP contribution >= 0.6 is 0 Å². The number of carbonyl (C=O) groups excluding carboxylic acids is 2. The van der Waals surface area contributed by atoms with Crippen molar-refractivity contribution < 1.29 is 14.3 Å². The molecule has 4 aliphatic carbocycles. The Morgan fingerprint density at radius 1 is 1.06 bits per heavy atom. The van der Waals surface area contributed by atoms with Crippen LogP contribution in [0.3, 0.4) is 0 Å². The third-order valence-corrected chi connectivity index (χ3v) is 7.44. The summed E-state index contributed by atoms with van der Waals surface area (Å²) in [5, 5.41) is 7.76. The molecule has 0 radical (unpaired) electrons. The summed E-state index contributed by atoms with van der Waals surface area (Å²) in [4.78, 5) is 25.5. The number of aromatic nitrogens is 2. The van der Waals surface area contributed by atoms with Crippen LogP contribution in [0.15, 0.2) is 30.3 Å². The van der Waals surface area contributed by atoms with Gasteiger partial charge in [0.15, 0.2) is 6.10 Å². The molecule has 6 heteroatoms. The maximum absolute atomic E-state index is 12.9. The van der Waals surface area contributed by atoms with Crippen molar-refractivity contribution in [3.8, 4) is 5.69 Å². The summed E-state index contributed by atoms with van der Waals surface area (Å²) in [6.45, 7) is 5.61. The van der Waals surface area contributed by atoms with Crippen molar-refractivity contribution in [1.29, 1.82) is 0 Å². The number of esters is 1. The van der Waals surface area contributed by atoms with Crippen LogP contribution in [0.2, 0.25) is 0 Å². The van der Waals surface area contributed by atoms with Gasteiger partial charge in [-0.25, -0.2) is 9.48 Å². The van der Waals surface area contributed by atoms with Gasteiger partial charge < -0.3 is 10.1 Å². The predicted molar refractivity (Wildman–Crippen MR) is 117 cm³/mol. The summed E-state index contributed by atoms with van der Waals surface area (Å²) < 4.78 is 7.35. The first-order valence-electron chi connectivity index (χ1n) is 11.5. The number of hydrogen-bond acceptors (Lipinski definition) is 4. The number of hydrogen-bond donors (Lipinski definition) is 1. The van der Waals surface area contributed by atoms with Crippen LogP contribution in [0.25, 0.3) is 5.69 Å². The highest BCUT2D eigenvalue weighted by atomic mass is 16.5. The van der Waals surface area contributed by atoms with Crippen LogP contribution in [0, 0.1) is 31.6 Å². The Morgan fingerprint density at radius 3 is 2.16 bits per heavy atom. The number of aryl methyl sites for hydroxylation is 2. The topological polar surface area (TPSA) is 73.2 Å². The normalized spacial score (nSPS) is 29.6. The highest BCUT2D eigenvalue weighted by Gasteiger charge is 2.51. The van der Waals surface area contributed by atoms with Crippen LogP contribution in [0.4, 0.5) is 0 Å². The molecule has 6 nitrogen and oxygen atoms in total. The minimum Gasteiger partial charge on any atom is -0.449 e. The Kier molecular flexibility index (Phi) is 4.91. The molecule has 164 valence electrons. The predicted octanol–water partition coefficient (Wildman–Crippen LogP) is 4.12. The average molecular weight is 422 g/mol. The molecule has 1 aromatic heterocycles. The molecule has 4 bridgehead atoms. The van der Waals surface area contributed by atoms with Gasteiger partial charge in [0.25, 0.3) is 5.91 Å². The Balaban J connectivity index is 1.21. The number of nitrogens with zero attached hydrogens (tertiary/aromatic N) is 2. The van der Waals surface area contributed by atoms with Crippen LogP contribution < -0.4 is 5.32 Å². The summed E-state index contributed by atoms with van der Waals surface area (Å²) in [7, 11) is 0. The van der Waals surface area contributed by atoms with Crippen molar-refractivity contribution in [2.75, 3.05) is 0 Å². The van der Waals surface area contributed by atoms with Gasteiger partial charge in [-0.3, -0.25) is 4.79 Å². The van der Waals surface area contributed by atoms with Gasteiger partial charge in [-0.2, -0.15) is 5.10 Å². The molecular formula is C25H31N3O3. The summed E-state index contributed by atoms with van der Waals surface area (Å²) in [5.41, 5.74) is 3.21. The van der Waals surface area contributed by atoms with E-state index in [-0.39, 0.29) is 11.4 Å². The average Bonchev–Trinajstić information content (AvgIpc) is 3.04. The van der Waals surface area contributed by atoms with Crippen molar-refractivity contribution in [2.24, 2.45) is 17.8 Å². The Bertz CT molecular complexity index is 972. The molecule has 1 heterocycles. The molecule has 6 rings (SSSR count). The second-order valence-corrected chi connectivity index (χ2v) is 10.1. The molecule has 1 atom stereocenters. The fraction of sp³-hybridized carbons (Fsp3) is 0.560. The van der Waals surface area contributed by atoms with Crippen molar-refractivity contribution in [3.05, 3.63) is 47.3 Å². The minimum atomic E-state index is -0.809. The van der Waals surface area contributed by atoms with Gasteiger partial charge in [0.05, 0.1) is 16.9 Å². The lowest BCUT2D eigenvalue weighted by molar-refractivity contribution is -0.134. The highest BCUT2D eigenvalue weighted by molar-refractivity contribution is 5.92. The van der Waals surface area contributed by atoms with Gasteiger partial charge in [0.2, 0.25) is 0 Å². The molecule has 4 aliphatic rings. The van der Waals surface area contributed by atoms with E-state index in [9.17, 15) is 9.59 Å². The van der Waals surface area contributed by atoms with Crippen LogP contribution in [-0.2, 0) is 9.53 Å². The van der Waals surface area contributed by atoms with E-state index in [4.69, 9.17) is 4.74 Å². The number of benzene rings is 1. The Hall–Kier alpha value is -2.63. The number of nitrogens with one attached hydrogen (secondary N) is 1. The molecule has 2 aromatic rings.